The molecule has 27 heavy (non-hydrogen) atoms. The number of piperidine rings is 1. The van der Waals surface area contributed by atoms with Crippen molar-refractivity contribution < 1.29 is 9.32 Å². The average molecular weight is 383 g/mol. The SMILES string of the molecule is Cc1nnc(-c2cccc(NC(=O)C3CCN(Cc4ccon4)CC3)c2)s1. The molecule has 0 aliphatic carbocycles. The lowest BCUT2D eigenvalue weighted by Crippen LogP contribution is -2.37. The van der Waals surface area contributed by atoms with Crippen molar-refractivity contribution in [3.8, 4) is 10.6 Å². The second-order valence-electron chi connectivity index (χ2n) is 6.74. The number of likely N-dealkylation sites (tertiary alicyclic amines) is 1. The molecule has 140 valence electrons. The van der Waals surface area contributed by atoms with E-state index in [2.05, 4.69) is 25.6 Å². The number of anilines is 1. The standard InChI is InChI=1S/C19H21N5O2S/c1-13-21-22-19(27-13)15-3-2-4-16(11-15)20-18(25)14-5-8-24(9-6-14)12-17-7-10-26-23-17/h2-4,7,10-11,14H,5-6,8-9,12H2,1H3,(H,20,25). The molecule has 0 unspecified atom stereocenters. The highest BCUT2D eigenvalue weighted by Gasteiger charge is 2.25. The van der Waals surface area contributed by atoms with Gasteiger partial charge in [-0.05, 0) is 45.0 Å². The fraction of sp³-hybridized carbons (Fsp3) is 0.368. The Hall–Kier alpha value is -2.58. The molecule has 0 atom stereocenters. The van der Waals surface area contributed by atoms with Crippen molar-refractivity contribution in [3.63, 3.8) is 0 Å². The number of nitrogens with one attached hydrogen (secondary N) is 1. The number of nitrogens with zero attached hydrogens (tertiary/aromatic N) is 4. The van der Waals surface area contributed by atoms with Crippen LogP contribution in [-0.4, -0.2) is 39.3 Å². The zero-order valence-corrected chi connectivity index (χ0v) is 15.9. The van der Waals surface area contributed by atoms with Crippen LogP contribution in [0.2, 0.25) is 0 Å². The van der Waals surface area contributed by atoms with Gasteiger partial charge < -0.3 is 9.84 Å². The molecule has 0 radical (unpaired) electrons. The highest BCUT2D eigenvalue weighted by atomic mass is 32.1. The summed E-state index contributed by atoms with van der Waals surface area (Å²) >= 11 is 1.55. The molecule has 1 fully saturated rings. The largest absolute Gasteiger partial charge is 0.364 e. The smallest absolute Gasteiger partial charge is 0.227 e. The van der Waals surface area contributed by atoms with Crippen LogP contribution < -0.4 is 5.32 Å². The van der Waals surface area contributed by atoms with Gasteiger partial charge in [0, 0.05) is 29.8 Å². The lowest BCUT2D eigenvalue weighted by Gasteiger charge is -2.30. The van der Waals surface area contributed by atoms with Gasteiger partial charge in [0.2, 0.25) is 5.91 Å². The van der Waals surface area contributed by atoms with Gasteiger partial charge in [0.1, 0.15) is 16.3 Å². The Morgan fingerprint density at radius 1 is 1.30 bits per heavy atom. The number of benzene rings is 1. The zero-order valence-electron chi connectivity index (χ0n) is 15.1. The van der Waals surface area contributed by atoms with Crippen LogP contribution >= 0.6 is 11.3 Å². The number of carbonyl (C=O) groups excluding carboxylic acids is 1. The second-order valence-corrected chi connectivity index (χ2v) is 7.92. The fourth-order valence-corrected chi connectivity index (χ4v) is 3.98. The first-order valence-electron chi connectivity index (χ1n) is 9.00. The molecule has 2 aromatic heterocycles. The summed E-state index contributed by atoms with van der Waals surface area (Å²) in [6, 6.07) is 9.66. The summed E-state index contributed by atoms with van der Waals surface area (Å²) in [7, 11) is 0. The van der Waals surface area contributed by atoms with E-state index in [9.17, 15) is 4.79 Å². The van der Waals surface area contributed by atoms with E-state index in [1.165, 1.54) is 0 Å². The number of carbonyl (C=O) groups is 1. The third-order valence-corrected chi connectivity index (χ3v) is 5.63. The minimum absolute atomic E-state index is 0.0333. The van der Waals surface area contributed by atoms with Gasteiger partial charge >= 0.3 is 0 Å². The number of amides is 1. The van der Waals surface area contributed by atoms with Crippen molar-refractivity contribution >= 4 is 22.9 Å². The first kappa shape index (κ1) is 17.8. The van der Waals surface area contributed by atoms with Gasteiger partial charge in [0.15, 0.2) is 0 Å². The molecule has 0 spiro atoms. The third-order valence-electron chi connectivity index (χ3n) is 4.74. The van der Waals surface area contributed by atoms with Crippen molar-refractivity contribution in [3.05, 3.63) is 47.3 Å². The summed E-state index contributed by atoms with van der Waals surface area (Å²) in [5.41, 5.74) is 2.71. The Morgan fingerprint density at radius 2 is 2.15 bits per heavy atom. The highest BCUT2D eigenvalue weighted by Crippen LogP contribution is 2.26. The molecule has 3 aromatic rings. The van der Waals surface area contributed by atoms with Gasteiger partial charge in [-0.15, -0.1) is 10.2 Å². The Morgan fingerprint density at radius 3 is 2.85 bits per heavy atom. The molecule has 1 aromatic carbocycles. The lowest BCUT2D eigenvalue weighted by molar-refractivity contribution is -0.121. The Balaban J connectivity index is 1.33. The molecular formula is C19H21N5O2S. The number of aryl methyl sites for hydroxylation is 1. The third kappa shape index (κ3) is 4.40. The first-order valence-corrected chi connectivity index (χ1v) is 9.82. The summed E-state index contributed by atoms with van der Waals surface area (Å²) in [6.07, 6.45) is 3.28. The van der Waals surface area contributed by atoms with E-state index in [0.717, 1.165) is 59.4 Å². The molecule has 3 heterocycles. The maximum atomic E-state index is 12.7. The normalized spacial score (nSPS) is 15.7. The molecule has 0 bridgehead atoms. The molecule has 4 rings (SSSR count). The van der Waals surface area contributed by atoms with Crippen molar-refractivity contribution in [1.29, 1.82) is 0 Å². The average Bonchev–Trinajstić information content (AvgIpc) is 3.34. The summed E-state index contributed by atoms with van der Waals surface area (Å²) < 4.78 is 4.88. The molecule has 1 saturated heterocycles. The summed E-state index contributed by atoms with van der Waals surface area (Å²) in [4.78, 5) is 15.0. The Labute approximate surface area is 161 Å². The Kier molecular flexibility index (Phi) is 5.26. The van der Waals surface area contributed by atoms with Crippen LogP contribution in [0.5, 0.6) is 0 Å². The lowest BCUT2D eigenvalue weighted by atomic mass is 9.95. The van der Waals surface area contributed by atoms with Gasteiger partial charge in [-0.25, -0.2) is 0 Å². The number of rotatable bonds is 5. The van der Waals surface area contributed by atoms with Gasteiger partial charge in [-0.1, -0.05) is 28.6 Å². The first-order chi connectivity index (χ1) is 13.2. The van der Waals surface area contributed by atoms with E-state index in [0.29, 0.717) is 0 Å². The van der Waals surface area contributed by atoms with E-state index in [-0.39, 0.29) is 11.8 Å². The minimum Gasteiger partial charge on any atom is -0.364 e. The maximum absolute atomic E-state index is 12.7. The maximum Gasteiger partial charge on any atom is 0.227 e. The van der Waals surface area contributed by atoms with Crippen LogP contribution in [0.15, 0.2) is 41.1 Å². The zero-order chi connectivity index (χ0) is 18.6. The fourth-order valence-electron chi connectivity index (χ4n) is 3.29. The molecular weight excluding hydrogens is 362 g/mol. The quantitative estimate of drug-likeness (QED) is 0.727. The molecule has 7 nitrogen and oxygen atoms in total. The van der Waals surface area contributed by atoms with Crippen LogP contribution in [0.25, 0.3) is 10.6 Å². The van der Waals surface area contributed by atoms with Crippen LogP contribution in [-0.2, 0) is 11.3 Å². The van der Waals surface area contributed by atoms with Crippen molar-refractivity contribution in [2.45, 2.75) is 26.3 Å². The second kappa shape index (κ2) is 7.98. The molecule has 1 N–H and O–H groups in total. The summed E-state index contributed by atoms with van der Waals surface area (Å²) in [5.74, 6) is 0.118. The topological polar surface area (TPSA) is 84.2 Å². The van der Waals surface area contributed by atoms with Crippen molar-refractivity contribution in [2.24, 2.45) is 5.92 Å². The van der Waals surface area contributed by atoms with Crippen LogP contribution in [0.3, 0.4) is 0 Å². The van der Waals surface area contributed by atoms with E-state index in [1.807, 2.05) is 37.3 Å². The van der Waals surface area contributed by atoms with Crippen LogP contribution in [0.4, 0.5) is 5.69 Å². The van der Waals surface area contributed by atoms with Crippen molar-refractivity contribution in [1.82, 2.24) is 20.3 Å². The number of hydrogen-bond donors (Lipinski definition) is 1. The van der Waals surface area contributed by atoms with Gasteiger partial charge in [0.25, 0.3) is 0 Å². The molecule has 8 heteroatoms. The van der Waals surface area contributed by atoms with Gasteiger partial charge in [-0.3, -0.25) is 9.69 Å². The summed E-state index contributed by atoms with van der Waals surface area (Å²) in [6.45, 7) is 4.47. The van der Waals surface area contributed by atoms with Crippen LogP contribution in [0.1, 0.15) is 23.5 Å². The van der Waals surface area contributed by atoms with Crippen LogP contribution in [0, 0.1) is 12.8 Å². The van der Waals surface area contributed by atoms with Gasteiger partial charge in [-0.2, -0.15) is 0 Å². The molecule has 1 aliphatic rings. The molecule has 0 saturated carbocycles. The minimum atomic E-state index is 0.0333. The predicted octanol–water partition coefficient (Wildman–Crippen LogP) is 3.35. The Bertz CT molecular complexity index is 900. The van der Waals surface area contributed by atoms with Crippen molar-refractivity contribution in [2.75, 3.05) is 18.4 Å². The van der Waals surface area contributed by atoms with E-state index in [1.54, 1.807) is 17.6 Å². The molecule has 1 amide bonds. The predicted molar refractivity (Wildman–Crippen MR) is 103 cm³/mol. The van der Waals surface area contributed by atoms with E-state index >= 15 is 0 Å². The molecule has 1 aliphatic heterocycles. The van der Waals surface area contributed by atoms with Gasteiger partial charge in [0.05, 0.1) is 5.69 Å². The summed E-state index contributed by atoms with van der Waals surface area (Å²) in [5, 5.41) is 17.0. The van der Waals surface area contributed by atoms with E-state index in [4.69, 9.17) is 4.52 Å². The van der Waals surface area contributed by atoms with E-state index < -0.39 is 0 Å². The monoisotopic (exact) mass is 383 g/mol. The number of aromatic nitrogens is 3. The number of hydrogen-bond acceptors (Lipinski definition) is 7. The highest BCUT2D eigenvalue weighted by molar-refractivity contribution is 7.14.